The van der Waals surface area contributed by atoms with E-state index in [1.54, 1.807) is 11.1 Å². The number of fused-ring (bicyclic) bond motifs is 2. The molecule has 1 nitrogen and oxygen atoms in total. The van der Waals surface area contributed by atoms with Gasteiger partial charge in [-0.1, -0.05) is 44.1 Å². The fourth-order valence-corrected chi connectivity index (χ4v) is 3.71. The van der Waals surface area contributed by atoms with Crippen LogP contribution in [0, 0.1) is 5.92 Å². The largest absolute Gasteiger partial charge is 0.307 e. The van der Waals surface area contributed by atoms with Crippen molar-refractivity contribution in [2.75, 3.05) is 0 Å². The van der Waals surface area contributed by atoms with Gasteiger partial charge in [0.05, 0.1) is 0 Å². The van der Waals surface area contributed by atoms with Crippen molar-refractivity contribution in [3.05, 3.63) is 35.5 Å². The Balaban J connectivity index is 1.94. The van der Waals surface area contributed by atoms with E-state index in [0.29, 0.717) is 18.0 Å². The van der Waals surface area contributed by atoms with E-state index in [1.165, 1.54) is 38.5 Å². The normalized spacial score (nSPS) is 35.7. The Hall–Kier alpha value is -0.820. The van der Waals surface area contributed by atoms with Crippen LogP contribution in [0.1, 0.15) is 45.4 Å². The van der Waals surface area contributed by atoms with E-state index in [4.69, 9.17) is 0 Å². The van der Waals surface area contributed by atoms with Gasteiger partial charge >= 0.3 is 0 Å². The predicted molar refractivity (Wildman–Crippen MR) is 72.9 cm³/mol. The second kappa shape index (κ2) is 4.81. The Bertz CT molecular complexity index is 375. The molecule has 1 heteroatoms. The van der Waals surface area contributed by atoms with Gasteiger partial charge in [0.25, 0.3) is 0 Å². The highest BCUT2D eigenvalue weighted by atomic mass is 15.0. The van der Waals surface area contributed by atoms with Crippen molar-refractivity contribution in [3.63, 3.8) is 0 Å². The van der Waals surface area contributed by atoms with Crippen molar-refractivity contribution < 1.29 is 0 Å². The summed E-state index contributed by atoms with van der Waals surface area (Å²) < 4.78 is 0. The molecule has 0 aromatic rings. The molecule has 0 aromatic heterocycles. The van der Waals surface area contributed by atoms with Crippen LogP contribution in [0.2, 0.25) is 0 Å². The molecule has 0 bridgehead atoms. The molecule has 0 radical (unpaired) electrons. The molecule has 92 valence electrons. The van der Waals surface area contributed by atoms with Gasteiger partial charge in [0, 0.05) is 18.0 Å². The fraction of sp³-hybridized carbons (Fsp3) is 0.625. The smallest absolute Gasteiger partial charge is 0.0288 e. The lowest BCUT2D eigenvalue weighted by Gasteiger charge is -2.42. The lowest BCUT2D eigenvalue weighted by molar-refractivity contribution is 0.319. The minimum Gasteiger partial charge on any atom is -0.307 e. The number of nitrogens with one attached hydrogen (secondary N) is 1. The van der Waals surface area contributed by atoms with Crippen LogP contribution in [-0.4, -0.2) is 12.1 Å². The van der Waals surface area contributed by atoms with Crippen LogP contribution in [-0.2, 0) is 0 Å². The third-order valence-corrected chi connectivity index (χ3v) is 4.49. The maximum Gasteiger partial charge on any atom is 0.0288 e. The quantitative estimate of drug-likeness (QED) is 0.760. The molecule has 3 atom stereocenters. The Morgan fingerprint density at radius 3 is 3.12 bits per heavy atom. The molecule has 0 aromatic carbocycles. The minimum absolute atomic E-state index is 0.643. The van der Waals surface area contributed by atoms with Crippen molar-refractivity contribution in [3.8, 4) is 0 Å². The van der Waals surface area contributed by atoms with Crippen molar-refractivity contribution >= 4 is 0 Å². The average Bonchev–Trinajstić information content (AvgIpc) is 2.39. The first-order valence-corrected chi connectivity index (χ1v) is 7.24. The van der Waals surface area contributed by atoms with Gasteiger partial charge in [-0.25, -0.2) is 0 Å². The van der Waals surface area contributed by atoms with Crippen LogP contribution in [0.3, 0.4) is 0 Å². The highest BCUT2D eigenvalue weighted by Crippen LogP contribution is 2.38. The maximum absolute atomic E-state index is 3.91. The fourth-order valence-electron chi connectivity index (χ4n) is 3.71. The predicted octanol–water partition coefficient (Wildman–Crippen LogP) is 3.74. The lowest BCUT2D eigenvalue weighted by Crippen LogP contribution is -2.49. The van der Waals surface area contributed by atoms with Gasteiger partial charge in [0.15, 0.2) is 0 Å². The average molecular weight is 229 g/mol. The van der Waals surface area contributed by atoms with Crippen LogP contribution < -0.4 is 5.32 Å². The standard InChI is InChI=1S/C16H23N/c1-2-7-15-13-9-4-3-8-12(13)14-10-5-6-11-16(14)17-15/h3-4,8-9,13,15-17H,2,5-7,10-11H2,1H3. The number of allylic oxidation sites excluding steroid dienone is 3. The van der Waals surface area contributed by atoms with E-state index in [0.717, 1.165) is 0 Å². The van der Waals surface area contributed by atoms with Crippen LogP contribution in [0.5, 0.6) is 0 Å². The molecule has 2 aliphatic carbocycles. The van der Waals surface area contributed by atoms with Gasteiger partial charge in [0.1, 0.15) is 0 Å². The van der Waals surface area contributed by atoms with E-state index >= 15 is 0 Å². The third kappa shape index (κ3) is 2.01. The van der Waals surface area contributed by atoms with Crippen LogP contribution >= 0.6 is 0 Å². The summed E-state index contributed by atoms with van der Waals surface area (Å²) in [4.78, 5) is 0. The zero-order valence-electron chi connectivity index (χ0n) is 10.8. The van der Waals surface area contributed by atoms with E-state index in [9.17, 15) is 0 Å². The summed E-state index contributed by atoms with van der Waals surface area (Å²) in [5.74, 6) is 0.643. The minimum atomic E-state index is 0.643. The second-order valence-corrected chi connectivity index (χ2v) is 5.61. The van der Waals surface area contributed by atoms with E-state index in [1.807, 2.05) is 0 Å². The van der Waals surface area contributed by atoms with Crippen LogP contribution in [0.25, 0.3) is 0 Å². The molecular weight excluding hydrogens is 206 g/mol. The molecule has 0 saturated heterocycles. The summed E-state index contributed by atoms with van der Waals surface area (Å²) in [7, 11) is 0. The SMILES string of the molecule is CCCC1NC2CCCCC2=C2C=CC=CC21. The Morgan fingerprint density at radius 1 is 1.29 bits per heavy atom. The summed E-state index contributed by atoms with van der Waals surface area (Å²) in [6.07, 6.45) is 17.3. The Labute approximate surface area is 105 Å². The van der Waals surface area contributed by atoms with Crippen molar-refractivity contribution in [1.29, 1.82) is 0 Å². The van der Waals surface area contributed by atoms with Crippen LogP contribution in [0.4, 0.5) is 0 Å². The highest BCUT2D eigenvalue weighted by molar-refractivity contribution is 5.42. The molecule has 17 heavy (non-hydrogen) atoms. The summed E-state index contributed by atoms with van der Waals surface area (Å²) in [5.41, 5.74) is 3.36. The lowest BCUT2D eigenvalue weighted by atomic mass is 9.73. The van der Waals surface area contributed by atoms with Gasteiger partial charge in [-0.3, -0.25) is 0 Å². The Morgan fingerprint density at radius 2 is 2.24 bits per heavy atom. The number of hydrogen-bond donors (Lipinski definition) is 1. The van der Waals surface area contributed by atoms with E-state index in [-0.39, 0.29) is 0 Å². The van der Waals surface area contributed by atoms with Gasteiger partial charge < -0.3 is 5.32 Å². The molecule has 1 heterocycles. The Kier molecular flexibility index (Phi) is 3.19. The van der Waals surface area contributed by atoms with Crippen molar-refractivity contribution in [1.82, 2.24) is 5.32 Å². The summed E-state index contributed by atoms with van der Waals surface area (Å²) in [6, 6.07) is 1.35. The monoisotopic (exact) mass is 229 g/mol. The molecule has 1 saturated carbocycles. The van der Waals surface area contributed by atoms with Crippen molar-refractivity contribution in [2.24, 2.45) is 5.92 Å². The maximum atomic E-state index is 3.91. The molecule has 0 amide bonds. The summed E-state index contributed by atoms with van der Waals surface area (Å²) in [6.45, 7) is 2.30. The molecule has 3 aliphatic rings. The highest BCUT2D eigenvalue weighted by Gasteiger charge is 2.34. The van der Waals surface area contributed by atoms with Crippen LogP contribution in [0.15, 0.2) is 35.5 Å². The second-order valence-electron chi connectivity index (χ2n) is 5.61. The number of hydrogen-bond acceptors (Lipinski definition) is 1. The van der Waals surface area contributed by atoms with Crippen molar-refractivity contribution in [2.45, 2.75) is 57.5 Å². The molecule has 1 aliphatic heterocycles. The molecule has 0 spiro atoms. The van der Waals surface area contributed by atoms with Gasteiger partial charge in [-0.2, -0.15) is 0 Å². The van der Waals surface area contributed by atoms with E-state index in [2.05, 4.69) is 36.5 Å². The molecule has 3 rings (SSSR count). The molecule has 3 unspecified atom stereocenters. The summed E-state index contributed by atoms with van der Waals surface area (Å²) >= 11 is 0. The number of rotatable bonds is 2. The first kappa shape index (κ1) is 11.3. The molecular formula is C16H23N. The van der Waals surface area contributed by atoms with E-state index < -0.39 is 0 Å². The zero-order valence-corrected chi connectivity index (χ0v) is 10.8. The topological polar surface area (TPSA) is 12.0 Å². The first-order valence-electron chi connectivity index (χ1n) is 7.24. The van der Waals surface area contributed by atoms with Gasteiger partial charge in [-0.05, 0) is 36.8 Å². The first-order chi connectivity index (χ1) is 8.40. The van der Waals surface area contributed by atoms with Gasteiger partial charge in [0.2, 0.25) is 0 Å². The van der Waals surface area contributed by atoms with Gasteiger partial charge in [-0.15, -0.1) is 0 Å². The summed E-state index contributed by atoms with van der Waals surface area (Å²) in [5, 5.41) is 3.91. The molecule has 1 N–H and O–H groups in total. The zero-order chi connectivity index (χ0) is 11.7. The molecule has 1 fully saturated rings. The third-order valence-electron chi connectivity index (χ3n) is 4.49.